The van der Waals surface area contributed by atoms with E-state index in [2.05, 4.69) is 10.3 Å². The predicted molar refractivity (Wildman–Crippen MR) is 92.1 cm³/mol. The minimum absolute atomic E-state index is 0.100. The number of nitrogens with zero attached hydrogens (tertiary/aromatic N) is 3. The molecule has 7 heteroatoms. The number of halogens is 1. The predicted octanol–water partition coefficient (Wildman–Crippen LogP) is 2.90. The van der Waals surface area contributed by atoms with Crippen molar-refractivity contribution in [1.82, 2.24) is 9.78 Å². The largest absolute Gasteiger partial charge is 0.392 e. The van der Waals surface area contributed by atoms with Crippen molar-refractivity contribution in [2.45, 2.75) is 39.0 Å². The van der Waals surface area contributed by atoms with E-state index in [4.69, 9.17) is 16.4 Å². The van der Waals surface area contributed by atoms with E-state index in [0.717, 1.165) is 11.3 Å². The van der Waals surface area contributed by atoms with Crippen molar-refractivity contribution in [2.24, 2.45) is 18.1 Å². The van der Waals surface area contributed by atoms with Gasteiger partial charge in [-0.05, 0) is 25.0 Å². The van der Waals surface area contributed by atoms with Crippen molar-refractivity contribution in [3.05, 3.63) is 29.1 Å². The van der Waals surface area contributed by atoms with Crippen LogP contribution in [-0.2, 0) is 21.5 Å². The molecule has 2 rings (SSSR count). The summed E-state index contributed by atoms with van der Waals surface area (Å²) in [6.07, 6.45) is 4.61. The molecule has 0 unspecified atom stereocenters. The van der Waals surface area contributed by atoms with Crippen molar-refractivity contribution in [1.29, 1.82) is 0 Å². The highest BCUT2D eigenvalue weighted by molar-refractivity contribution is 6.25. The summed E-state index contributed by atoms with van der Waals surface area (Å²) in [5.74, 6) is -1.09. The Morgan fingerprint density at radius 2 is 2.12 bits per heavy atom. The summed E-state index contributed by atoms with van der Waals surface area (Å²) in [6, 6.07) is 0. The first-order chi connectivity index (χ1) is 11.5. The normalized spacial score (nSPS) is 22.4. The third-order valence-electron chi connectivity index (χ3n) is 4.17. The summed E-state index contributed by atoms with van der Waals surface area (Å²) in [5, 5.41) is 8.27. The number of rotatable bonds is 6. The molecule has 6 nitrogen and oxygen atoms in total. The second kappa shape index (κ2) is 8.24. The molecule has 130 valence electrons. The lowest BCUT2D eigenvalue weighted by Crippen LogP contribution is -2.38. The Labute approximate surface area is 146 Å². The summed E-state index contributed by atoms with van der Waals surface area (Å²) >= 11 is 5.41. The first-order valence-corrected chi connectivity index (χ1v) is 8.41. The van der Waals surface area contributed by atoms with Crippen LogP contribution in [0.5, 0.6) is 0 Å². The summed E-state index contributed by atoms with van der Waals surface area (Å²) in [5.41, 5.74) is 3.64. The number of aryl methyl sites for hydroxylation is 2. The van der Waals surface area contributed by atoms with Crippen LogP contribution >= 0.6 is 11.6 Å². The zero-order valence-electron chi connectivity index (χ0n) is 14.2. The highest BCUT2D eigenvalue weighted by atomic mass is 35.5. The third-order valence-corrected chi connectivity index (χ3v) is 4.35. The number of hydrogen-bond donors (Lipinski definition) is 0. The fraction of sp³-hybridized carbons (Fsp3) is 0.529. The number of carbonyl (C=O) groups is 2. The Balaban J connectivity index is 2.14. The molecule has 0 amide bonds. The van der Waals surface area contributed by atoms with Gasteiger partial charge in [-0.15, -0.1) is 0 Å². The molecule has 0 aliphatic heterocycles. The highest BCUT2D eigenvalue weighted by Gasteiger charge is 2.39. The van der Waals surface area contributed by atoms with Gasteiger partial charge in [0.15, 0.2) is 0 Å². The minimum atomic E-state index is -0.789. The summed E-state index contributed by atoms with van der Waals surface area (Å²) in [6.45, 7) is 3.96. The summed E-state index contributed by atoms with van der Waals surface area (Å²) in [4.78, 5) is 30.3. The molecule has 0 bridgehead atoms. The van der Waals surface area contributed by atoms with Gasteiger partial charge in [-0.3, -0.25) is 14.3 Å². The number of aromatic nitrogens is 2. The number of ketones is 2. The fourth-order valence-electron chi connectivity index (χ4n) is 3.10. The number of Topliss-reactive ketones (excluding diaryl/α,β-unsaturated/α-hetero) is 2. The molecule has 1 aliphatic rings. The monoisotopic (exact) mass is 351 g/mol. The standard InChI is InChI=1S/C17H22ClN3O3/c1-4-14(20-24-7-5-6-18)17-15(22)8-12(9-16(17)23)13-10-21(3)19-11(13)2/h5-6,10,12,17H,4,7-9H2,1-3H3/b6-5?,20-14-. The lowest BCUT2D eigenvalue weighted by Gasteiger charge is -2.26. The molecule has 24 heavy (non-hydrogen) atoms. The zero-order chi connectivity index (χ0) is 17.7. The molecule has 1 fully saturated rings. The highest BCUT2D eigenvalue weighted by Crippen LogP contribution is 2.34. The summed E-state index contributed by atoms with van der Waals surface area (Å²) in [7, 11) is 1.83. The van der Waals surface area contributed by atoms with E-state index < -0.39 is 5.92 Å². The fourth-order valence-corrected chi connectivity index (χ4v) is 3.18. The average molecular weight is 352 g/mol. The van der Waals surface area contributed by atoms with Gasteiger partial charge in [-0.1, -0.05) is 23.7 Å². The molecule has 1 aromatic heterocycles. The number of carbonyl (C=O) groups excluding carboxylic acids is 2. The molecule has 1 heterocycles. The van der Waals surface area contributed by atoms with Crippen molar-refractivity contribution in [3.63, 3.8) is 0 Å². The van der Waals surface area contributed by atoms with Crippen molar-refractivity contribution in [3.8, 4) is 0 Å². The Hall–Kier alpha value is -1.95. The van der Waals surface area contributed by atoms with Gasteiger partial charge in [0.05, 0.1) is 11.4 Å². The lowest BCUT2D eigenvalue weighted by atomic mass is 9.75. The van der Waals surface area contributed by atoms with Gasteiger partial charge in [0.1, 0.15) is 24.1 Å². The Kier molecular flexibility index (Phi) is 6.31. The maximum Gasteiger partial charge on any atom is 0.149 e. The van der Waals surface area contributed by atoms with E-state index >= 15 is 0 Å². The zero-order valence-corrected chi connectivity index (χ0v) is 14.9. The molecular formula is C17H22ClN3O3. The van der Waals surface area contributed by atoms with E-state index in [1.807, 2.05) is 27.1 Å². The van der Waals surface area contributed by atoms with Gasteiger partial charge in [-0.2, -0.15) is 5.10 Å². The molecule has 1 aromatic rings. The van der Waals surface area contributed by atoms with E-state index in [9.17, 15) is 9.59 Å². The molecule has 0 radical (unpaired) electrons. The Morgan fingerprint density at radius 1 is 1.46 bits per heavy atom. The van der Waals surface area contributed by atoms with Crippen molar-refractivity contribution < 1.29 is 14.4 Å². The molecular weight excluding hydrogens is 330 g/mol. The van der Waals surface area contributed by atoms with Gasteiger partial charge in [0, 0.05) is 37.5 Å². The molecule has 0 atom stereocenters. The van der Waals surface area contributed by atoms with E-state index in [0.29, 0.717) is 25.0 Å². The second-order valence-corrected chi connectivity index (χ2v) is 6.16. The molecule has 1 aliphatic carbocycles. The van der Waals surface area contributed by atoms with Crippen LogP contribution in [-0.4, -0.2) is 33.7 Å². The van der Waals surface area contributed by atoms with Crippen LogP contribution in [0, 0.1) is 12.8 Å². The van der Waals surface area contributed by atoms with Crippen molar-refractivity contribution >= 4 is 28.9 Å². The number of hydrogen-bond acceptors (Lipinski definition) is 5. The van der Waals surface area contributed by atoms with Gasteiger partial charge in [-0.25, -0.2) is 0 Å². The second-order valence-electron chi connectivity index (χ2n) is 5.91. The SMILES string of the molecule is CC/C(=N/OCC=CCl)C1C(=O)CC(c2cn(C)nc2C)CC1=O. The van der Waals surface area contributed by atoms with Crippen LogP contribution in [0.15, 0.2) is 23.0 Å². The smallest absolute Gasteiger partial charge is 0.149 e. The lowest BCUT2D eigenvalue weighted by molar-refractivity contribution is -0.133. The molecule has 1 saturated carbocycles. The third kappa shape index (κ3) is 4.12. The van der Waals surface area contributed by atoms with Crippen LogP contribution in [0.25, 0.3) is 0 Å². The maximum absolute atomic E-state index is 12.6. The Bertz CT molecular complexity index is 661. The molecule has 0 aromatic carbocycles. The van der Waals surface area contributed by atoms with Gasteiger partial charge < -0.3 is 4.84 Å². The van der Waals surface area contributed by atoms with Gasteiger partial charge in [0.2, 0.25) is 0 Å². The minimum Gasteiger partial charge on any atom is -0.392 e. The van der Waals surface area contributed by atoms with E-state index in [1.54, 1.807) is 10.8 Å². The van der Waals surface area contributed by atoms with Gasteiger partial charge >= 0.3 is 0 Å². The van der Waals surface area contributed by atoms with E-state index in [1.165, 1.54) is 5.54 Å². The maximum atomic E-state index is 12.6. The molecule has 0 saturated heterocycles. The van der Waals surface area contributed by atoms with Crippen LogP contribution in [0.3, 0.4) is 0 Å². The van der Waals surface area contributed by atoms with Crippen LogP contribution in [0.4, 0.5) is 0 Å². The first kappa shape index (κ1) is 18.4. The quantitative estimate of drug-likeness (QED) is 0.342. The topological polar surface area (TPSA) is 73.5 Å². The van der Waals surface area contributed by atoms with E-state index in [-0.39, 0.29) is 24.1 Å². The summed E-state index contributed by atoms with van der Waals surface area (Å²) < 4.78 is 1.71. The average Bonchev–Trinajstić information content (AvgIpc) is 2.87. The molecule has 0 spiro atoms. The Morgan fingerprint density at radius 3 is 2.62 bits per heavy atom. The van der Waals surface area contributed by atoms with Crippen molar-refractivity contribution in [2.75, 3.05) is 6.61 Å². The van der Waals surface area contributed by atoms with Crippen LogP contribution in [0.1, 0.15) is 43.4 Å². The number of oxime groups is 1. The van der Waals surface area contributed by atoms with Crippen LogP contribution in [0.2, 0.25) is 0 Å². The van der Waals surface area contributed by atoms with Gasteiger partial charge in [0.25, 0.3) is 0 Å². The molecule has 0 N–H and O–H groups in total. The first-order valence-electron chi connectivity index (χ1n) is 7.97. The van der Waals surface area contributed by atoms with Crippen LogP contribution < -0.4 is 0 Å².